The van der Waals surface area contributed by atoms with Gasteiger partial charge in [-0.15, -0.1) is 0 Å². The van der Waals surface area contributed by atoms with Crippen LogP contribution in [0.3, 0.4) is 0 Å². The number of rotatable bonds is 0. The Hall–Kier alpha value is -0.170. The highest BCUT2D eigenvalue weighted by molar-refractivity contribution is 6.30. The minimum Gasteiger partial charge on any atom is -0.374 e. The number of nitrogens with zero attached hydrogens (tertiary/aromatic N) is 1. The molecule has 10 heavy (non-hydrogen) atoms. The van der Waals surface area contributed by atoms with Gasteiger partial charge in [-0.05, 0) is 25.7 Å². The first kappa shape index (κ1) is 6.53. The van der Waals surface area contributed by atoms with E-state index in [9.17, 15) is 0 Å². The Bertz CT molecular complexity index is 186. The quantitative estimate of drug-likeness (QED) is 0.522. The van der Waals surface area contributed by atoms with Crippen LogP contribution in [-0.4, -0.2) is 18.0 Å². The molecule has 0 N–H and O–H groups in total. The second-order valence-electron chi connectivity index (χ2n) is 3.19. The van der Waals surface area contributed by atoms with Crippen molar-refractivity contribution in [2.75, 3.05) is 7.05 Å². The largest absolute Gasteiger partial charge is 0.374 e. The molecule has 1 saturated heterocycles. The molecule has 2 heterocycles. The normalized spacial score (nSPS) is 31.8. The molecule has 0 amide bonds. The average molecular weight is 158 g/mol. The number of halogens is 1. The van der Waals surface area contributed by atoms with Crippen LogP contribution in [0.5, 0.6) is 0 Å². The molecule has 1 atom stereocenters. The maximum absolute atomic E-state index is 6.04. The highest BCUT2D eigenvalue weighted by Gasteiger charge is 2.30. The molecule has 1 fully saturated rings. The Morgan fingerprint density at radius 2 is 2.10 bits per heavy atom. The molecule has 0 unspecified atom stereocenters. The van der Waals surface area contributed by atoms with Gasteiger partial charge in [0.15, 0.2) is 0 Å². The monoisotopic (exact) mass is 157 g/mol. The summed E-state index contributed by atoms with van der Waals surface area (Å²) in [7, 11) is 2.16. The van der Waals surface area contributed by atoms with Crippen LogP contribution in [-0.2, 0) is 0 Å². The predicted molar refractivity (Wildman–Crippen MR) is 42.9 cm³/mol. The molecule has 2 rings (SSSR count). The van der Waals surface area contributed by atoms with Crippen molar-refractivity contribution in [3.63, 3.8) is 0 Å². The van der Waals surface area contributed by atoms with Crippen LogP contribution in [0.1, 0.15) is 25.7 Å². The molecule has 0 spiro atoms. The molecule has 0 aromatic rings. The molecular weight excluding hydrogens is 146 g/mol. The van der Waals surface area contributed by atoms with E-state index in [1.165, 1.54) is 25.0 Å². The van der Waals surface area contributed by atoms with E-state index in [2.05, 4.69) is 11.9 Å². The minimum absolute atomic E-state index is 0.803. The third kappa shape index (κ3) is 0.766. The van der Waals surface area contributed by atoms with Crippen LogP contribution in [0.2, 0.25) is 0 Å². The first-order valence-electron chi connectivity index (χ1n) is 3.89. The summed E-state index contributed by atoms with van der Waals surface area (Å²) in [4.78, 5) is 2.35. The number of fused-ring (bicyclic) bond motifs is 2. The van der Waals surface area contributed by atoms with Gasteiger partial charge >= 0.3 is 0 Å². The zero-order chi connectivity index (χ0) is 7.14. The standard InChI is InChI=1S/C8H12ClN/c1-10-6-2-4-7(9)8(10)5-3-6/h6H,2-5H2,1H3/t6-/m1/s1. The van der Waals surface area contributed by atoms with Crippen molar-refractivity contribution in [3.05, 3.63) is 10.7 Å². The summed E-state index contributed by atoms with van der Waals surface area (Å²) in [5, 5.41) is 1.11. The van der Waals surface area contributed by atoms with Gasteiger partial charge in [0.25, 0.3) is 0 Å². The SMILES string of the molecule is CN1C2=C(Cl)CC[C@@H]1CC2. The van der Waals surface area contributed by atoms with Crippen LogP contribution < -0.4 is 0 Å². The van der Waals surface area contributed by atoms with Crippen molar-refractivity contribution in [2.45, 2.75) is 31.7 Å². The van der Waals surface area contributed by atoms with Gasteiger partial charge in [-0.2, -0.15) is 0 Å². The first-order chi connectivity index (χ1) is 4.79. The van der Waals surface area contributed by atoms with E-state index in [0.717, 1.165) is 17.5 Å². The lowest BCUT2D eigenvalue weighted by atomic mass is 10.1. The average Bonchev–Trinajstić information content (AvgIpc) is 2.13. The summed E-state index contributed by atoms with van der Waals surface area (Å²) in [6, 6.07) is 0.803. The zero-order valence-corrected chi connectivity index (χ0v) is 6.99. The molecule has 0 radical (unpaired) electrons. The van der Waals surface area contributed by atoms with E-state index in [1.807, 2.05) is 0 Å². The van der Waals surface area contributed by atoms with Crippen LogP contribution >= 0.6 is 11.6 Å². The van der Waals surface area contributed by atoms with E-state index < -0.39 is 0 Å². The lowest BCUT2D eigenvalue weighted by Crippen LogP contribution is -2.27. The molecular formula is C8H12ClN. The van der Waals surface area contributed by atoms with Crippen molar-refractivity contribution >= 4 is 11.6 Å². The maximum atomic E-state index is 6.04. The lowest BCUT2D eigenvalue weighted by molar-refractivity contribution is 0.316. The Kier molecular flexibility index (Phi) is 1.41. The Morgan fingerprint density at radius 1 is 1.40 bits per heavy atom. The second-order valence-corrected chi connectivity index (χ2v) is 3.65. The fourth-order valence-corrected chi connectivity index (χ4v) is 2.33. The summed E-state index contributed by atoms with van der Waals surface area (Å²) in [6.45, 7) is 0. The van der Waals surface area contributed by atoms with Gasteiger partial charge in [-0.3, -0.25) is 0 Å². The van der Waals surface area contributed by atoms with Crippen LogP contribution in [0.25, 0.3) is 0 Å². The molecule has 0 saturated carbocycles. The predicted octanol–water partition coefficient (Wildman–Crippen LogP) is 2.32. The van der Waals surface area contributed by atoms with Crippen molar-refractivity contribution in [1.29, 1.82) is 0 Å². The van der Waals surface area contributed by atoms with Crippen molar-refractivity contribution < 1.29 is 0 Å². The van der Waals surface area contributed by atoms with Gasteiger partial charge in [-0.1, -0.05) is 11.6 Å². The first-order valence-corrected chi connectivity index (χ1v) is 4.27. The smallest absolute Gasteiger partial charge is 0.0372 e. The molecule has 0 aromatic carbocycles. The molecule has 2 aliphatic heterocycles. The maximum Gasteiger partial charge on any atom is 0.0372 e. The summed E-state index contributed by atoms with van der Waals surface area (Å²) in [5.41, 5.74) is 1.40. The van der Waals surface area contributed by atoms with Crippen molar-refractivity contribution in [1.82, 2.24) is 4.90 Å². The van der Waals surface area contributed by atoms with Crippen molar-refractivity contribution in [2.24, 2.45) is 0 Å². The zero-order valence-electron chi connectivity index (χ0n) is 6.23. The summed E-state index contributed by atoms with van der Waals surface area (Å²) >= 11 is 6.04. The molecule has 0 aromatic heterocycles. The van der Waals surface area contributed by atoms with E-state index in [1.54, 1.807) is 0 Å². The van der Waals surface area contributed by atoms with Crippen LogP contribution in [0.15, 0.2) is 10.7 Å². The van der Waals surface area contributed by atoms with Gasteiger partial charge in [0.1, 0.15) is 0 Å². The third-order valence-electron chi connectivity index (χ3n) is 2.70. The molecule has 0 aliphatic carbocycles. The molecule has 2 heteroatoms. The van der Waals surface area contributed by atoms with Gasteiger partial charge in [0.05, 0.1) is 0 Å². The Balaban J connectivity index is 2.34. The summed E-state index contributed by atoms with van der Waals surface area (Å²) in [6.07, 6.45) is 4.91. The number of hydrogen-bond acceptors (Lipinski definition) is 1. The Morgan fingerprint density at radius 3 is 2.80 bits per heavy atom. The van der Waals surface area contributed by atoms with Crippen LogP contribution in [0, 0.1) is 0 Å². The fourth-order valence-electron chi connectivity index (χ4n) is 2.00. The highest BCUT2D eigenvalue weighted by Crippen LogP contribution is 2.38. The minimum atomic E-state index is 0.803. The number of allylic oxidation sites excluding steroid dienone is 2. The fraction of sp³-hybridized carbons (Fsp3) is 0.750. The third-order valence-corrected chi connectivity index (χ3v) is 3.11. The van der Waals surface area contributed by atoms with Gasteiger partial charge in [-0.25, -0.2) is 0 Å². The van der Waals surface area contributed by atoms with E-state index >= 15 is 0 Å². The van der Waals surface area contributed by atoms with E-state index in [-0.39, 0.29) is 0 Å². The van der Waals surface area contributed by atoms with Gasteiger partial charge < -0.3 is 4.90 Å². The van der Waals surface area contributed by atoms with Gasteiger partial charge in [0.2, 0.25) is 0 Å². The Labute approximate surface area is 66.7 Å². The molecule has 2 bridgehead atoms. The van der Waals surface area contributed by atoms with E-state index in [0.29, 0.717) is 0 Å². The highest BCUT2D eigenvalue weighted by atomic mass is 35.5. The molecule has 56 valence electrons. The van der Waals surface area contributed by atoms with Crippen molar-refractivity contribution in [3.8, 4) is 0 Å². The van der Waals surface area contributed by atoms with Crippen LogP contribution in [0.4, 0.5) is 0 Å². The number of hydrogen-bond donors (Lipinski definition) is 0. The summed E-state index contributed by atoms with van der Waals surface area (Å²) in [5.74, 6) is 0. The second kappa shape index (κ2) is 2.16. The molecule has 2 aliphatic rings. The topological polar surface area (TPSA) is 3.24 Å². The van der Waals surface area contributed by atoms with E-state index in [4.69, 9.17) is 11.6 Å². The van der Waals surface area contributed by atoms with Gasteiger partial charge in [0, 0.05) is 23.8 Å². The molecule has 1 nitrogen and oxygen atoms in total. The summed E-state index contributed by atoms with van der Waals surface area (Å²) < 4.78 is 0. The lowest BCUT2D eigenvalue weighted by Gasteiger charge is -2.28.